The molecular weight excluding hydrogens is 280 g/mol. The van der Waals surface area contributed by atoms with Crippen molar-refractivity contribution >= 4 is 29.1 Å². The van der Waals surface area contributed by atoms with Crippen LogP contribution in [0.4, 0.5) is 5.82 Å². The van der Waals surface area contributed by atoms with Gasteiger partial charge in [-0.3, -0.25) is 4.57 Å². The molecule has 0 spiro atoms. The van der Waals surface area contributed by atoms with Gasteiger partial charge in [0.15, 0.2) is 0 Å². The molecule has 3 N–H and O–H groups in total. The Hall–Kier alpha value is -2.14. The SMILES string of the molecule is Nc1c2c3c([nH]c2nc(=S)n1-c1ccccc1)CCCC3. The monoisotopic (exact) mass is 296 g/mol. The highest BCUT2D eigenvalue weighted by atomic mass is 32.1. The first kappa shape index (κ1) is 12.6. The summed E-state index contributed by atoms with van der Waals surface area (Å²) in [7, 11) is 0. The third-order valence-corrected chi connectivity index (χ3v) is 4.46. The molecule has 0 fully saturated rings. The molecule has 0 aliphatic heterocycles. The molecule has 0 saturated heterocycles. The summed E-state index contributed by atoms with van der Waals surface area (Å²) in [4.78, 5) is 7.97. The maximum absolute atomic E-state index is 6.46. The van der Waals surface area contributed by atoms with Crippen LogP contribution in [0.1, 0.15) is 24.1 Å². The van der Waals surface area contributed by atoms with E-state index in [0.29, 0.717) is 10.6 Å². The van der Waals surface area contributed by atoms with Crippen LogP contribution < -0.4 is 5.73 Å². The predicted molar refractivity (Wildman–Crippen MR) is 87.3 cm³/mol. The van der Waals surface area contributed by atoms with Crippen LogP contribution in [0.2, 0.25) is 0 Å². The second kappa shape index (κ2) is 4.70. The molecular formula is C16H16N4S. The minimum absolute atomic E-state index is 0.491. The second-order valence-electron chi connectivity index (χ2n) is 5.46. The highest BCUT2D eigenvalue weighted by Crippen LogP contribution is 2.32. The molecule has 1 aliphatic carbocycles. The molecule has 0 amide bonds. The zero-order chi connectivity index (χ0) is 14.4. The summed E-state index contributed by atoms with van der Waals surface area (Å²) >= 11 is 5.44. The van der Waals surface area contributed by atoms with Gasteiger partial charge < -0.3 is 10.7 Å². The lowest BCUT2D eigenvalue weighted by Crippen LogP contribution is -2.08. The van der Waals surface area contributed by atoms with Crippen molar-refractivity contribution in [1.29, 1.82) is 0 Å². The number of nitrogens with two attached hydrogens (primary N) is 1. The Balaban J connectivity index is 2.07. The van der Waals surface area contributed by atoms with Crippen LogP contribution in [0, 0.1) is 4.77 Å². The molecule has 0 bridgehead atoms. The average molecular weight is 296 g/mol. The Morgan fingerprint density at radius 3 is 2.71 bits per heavy atom. The van der Waals surface area contributed by atoms with Gasteiger partial charge in [0.2, 0.25) is 4.77 Å². The van der Waals surface area contributed by atoms with Crippen LogP contribution in [-0.4, -0.2) is 14.5 Å². The Morgan fingerprint density at radius 2 is 1.90 bits per heavy atom. The first-order valence-electron chi connectivity index (χ1n) is 7.23. The summed E-state index contributed by atoms with van der Waals surface area (Å²) in [5, 5.41) is 1.04. The van der Waals surface area contributed by atoms with E-state index in [2.05, 4.69) is 9.97 Å². The summed E-state index contributed by atoms with van der Waals surface area (Å²) in [5.41, 5.74) is 10.8. The fraction of sp³-hybridized carbons (Fsp3) is 0.250. The van der Waals surface area contributed by atoms with Gasteiger partial charge in [-0.2, -0.15) is 0 Å². The molecule has 0 saturated carbocycles. The number of para-hydroxylation sites is 1. The first-order valence-corrected chi connectivity index (χ1v) is 7.64. The van der Waals surface area contributed by atoms with Crippen molar-refractivity contribution in [2.75, 3.05) is 5.73 Å². The lowest BCUT2D eigenvalue weighted by atomic mass is 9.96. The third kappa shape index (κ3) is 1.88. The van der Waals surface area contributed by atoms with Gasteiger partial charge in [0.25, 0.3) is 0 Å². The lowest BCUT2D eigenvalue weighted by molar-refractivity contribution is 0.680. The summed E-state index contributed by atoms with van der Waals surface area (Å²) in [6.07, 6.45) is 4.56. The maximum atomic E-state index is 6.46. The molecule has 5 heteroatoms. The number of hydrogen-bond acceptors (Lipinski definition) is 3. The number of aromatic amines is 1. The predicted octanol–water partition coefficient (Wildman–Crippen LogP) is 3.54. The summed E-state index contributed by atoms with van der Waals surface area (Å²) in [6, 6.07) is 9.94. The second-order valence-corrected chi connectivity index (χ2v) is 5.83. The number of nitrogens with one attached hydrogen (secondary N) is 1. The van der Waals surface area contributed by atoms with Gasteiger partial charge in [-0.25, -0.2) is 4.98 Å². The number of anilines is 1. The highest BCUT2D eigenvalue weighted by Gasteiger charge is 2.20. The van der Waals surface area contributed by atoms with Crippen LogP contribution in [0.3, 0.4) is 0 Å². The van der Waals surface area contributed by atoms with E-state index in [1.165, 1.54) is 24.1 Å². The molecule has 1 aliphatic rings. The number of rotatable bonds is 1. The van der Waals surface area contributed by atoms with Crippen molar-refractivity contribution in [3.05, 3.63) is 46.4 Å². The van der Waals surface area contributed by atoms with Crippen molar-refractivity contribution in [1.82, 2.24) is 14.5 Å². The number of nitrogen functional groups attached to an aromatic ring is 1. The van der Waals surface area contributed by atoms with Crippen molar-refractivity contribution in [2.24, 2.45) is 0 Å². The topological polar surface area (TPSA) is 59.6 Å². The van der Waals surface area contributed by atoms with E-state index in [1.54, 1.807) is 0 Å². The normalized spacial score (nSPS) is 14.3. The highest BCUT2D eigenvalue weighted by molar-refractivity contribution is 7.71. The number of H-pyrrole nitrogens is 1. The fourth-order valence-electron chi connectivity index (χ4n) is 3.21. The van der Waals surface area contributed by atoms with Crippen LogP contribution in [0.25, 0.3) is 16.7 Å². The molecule has 21 heavy (non-hydrogen) atoms. The van der Waals surface area contributed by atoms with Crippen LogP contribution in [-0.2, 0) is 12.8 Å². The molecule has 3 aromatic rings. The number of aryl methyl sites for hydroxylation is 2. The minimum atomic E-state index is 0.491. The van der Waals surface area contributed by atoms with Gasteiger partial charge in [-0.15, -0.1) is 0 Å². The third-order valence-electron chi connectivity index (χ3n) is 4.19. The van der Waals surface area contributed by atoms with Crippen molar-refractivity contribution in [2.45, 2.75) is 25.7 Å². The number of benzene rings is 1. The van der Waals surface area contributed by atoms with Gasteiger partial charge in [-0.1, -0.05) is 18.2 Å². The molecule has 0 unspecified atom stereocenters. The maximum Gasteiger partial charge on any atom is 0.207 e. The molecule has 2 heterocycles. The number of nitrogens with zero attached hydrogens (tertiary/aromatic N) is 2. The quantitative estimate of drug-likeness (QED) is 0.675. The van der Waals surface area contributed by atoms with Crippen molar-refractivity contribution in [3.8, 4) is 5.69 Å². The molecule has 0 radical (unpaired) electrons. The fourth-order valence-corrected chi connectivity index (χ4v) is 3.51. The Morgan fingerprint density at radius 1 is 1.14 bits per heavy atom. The first-order chi connectivity index (χ1) is 10.3. The van der Waals surface area contributed by atoms with Crippen LogP contribution >= 0.6 is 12.2 Å². The standard InChI is InChI=1S/C16H16N4S/c17-14-13-11-8-4-5-9-12(11)18-15(13)19-16(21)20(14)10-6-2-1-3-7-10/h1-3,6-7H,4-5,8-9,17H2,(H,18,19,21). The summed E-state index contributed by atoms with van der Waals surface area (Å²) < 4.78 is 2.35. The van der Waals surface area contributed by atoms with E-state index in [-0.39, 0.29) is 0 Å². The van der Waals surface area contributed by atoms with E-state index in [4.69, 9.17) is 18.0 Å². The van der Waals surface area contributed by atoms with E-state index >= 15 is 0 Å². The van der Waals surface area contributed by atoms with Crippen LogP contribution in [0.15, 0.2) is 30.3 Å². The molecule has 4 nitrogen and oxygen atoms in total. The van der Waals surface area contributed by atoms with Crippen molar-refractivity contribution < 1.29 is 0 Å². The number of hydrogen-bond donors (Lipinski definition) is 2. The molecule has 106 valence electrons. The van der Waals surface area contributed by atoms with E-state index < -0.39 is 0 Å². The molecule has 2 aromatic heterocycles. The van der Waals surface area contributed by atoms with E-state index in [0.717, 1.165) is 29.6 Å². The molecule has 4 rings (SSSR count). The minimum Gasteiger partial charge on any atom is -0.384 e. The van der Waals surface area contributed by atoms with Gasteiger partial charge in [0, 0.05) is 11.4 Å². The van der Waals surface area contributed by atoms with Gasteiger partial charge in [-0.05, 0) is 55.6 Å². The Kier molecular flexibility index (Phi) is 2.82. The lowest BCUT2D eigenvalue weighted by Gasteiger charge is -2.14. The Labute approximate surface area is 127 Å². The van der Waals surface area contributed by atoms with Crippen LogP contribution in [0.5, 0.6) is 0 Å². The number of fused-ring (bicyclic) bond motifs is 3. The summed E-state index contributed by atoms with van der Waals surface area (Å²) in [5.74, 6) is 0.690. The van der Waals surface area contributed by atoms with E-state index in [9.17, 15) is 0 Å². The van der Waals surface area contributed by atoms with Gasteiger partial charge in [0.05, 0.1) is 5.39 Å². The zero-order valence-electron chi connectivity index (χ0n) is 11.6. The van der Waals surface area contributed by atoms with Gasteiger partial charge in [0.1, 0.15) is 11.5 Å². The van der Waals surface area contributed by atoms with Crippen molar-refractivity contribution in [3.63, 3.8) is 0 Å². The Bertz CT molecular complexity index is 877. The largest absolute Gasteiger partial charge is 0.384 e. The summed E-state index contributed by atoms with van der Waals surface area (Å²) in [6.45, 7) is 0. The average Bonchev–Trinajstić information content (AvgIpc) is 2.86. The molecule has 0 atom stereocenters. The van der Waals surface area contributed by atoms with E-state index in [1.807, 2.05) is 34.9 Å². The molecule has 1 aromatic carbocycles. The van der Waals surface area contributed by atoms with Gasteiger partial charge >= 0.3 is 0 Å². The number of aromatic nitrogens is 3. The zero-order valence-corrected chi connectivity index (χ0v) is 12.4. The smallest absolute Gasteiger partial charge is 0.207 e.